The molecule has 0 spiro atoms. The Balaban J connectivity index is -0.000000411. The molecule has 0 aromatic carbocycles. The van der Waals surface area contributed by atoms with Crippen LogP contribution in [0.3, 0.4) is 0 Å². The standard InChI is InChI=1S/2C10H20O2S.Zn/c2*1-2-3-4-5-6-8-12-10(11)7-9-13;/h2*13H,2-9H2,1H3;/q;;+2/p-2. The van der Waals surface area contributed by atoms with Crippen LogP contribution in [-0.4, -0.2) is 36.7 Å². The van der Waals surface area contributed by atoms with Crippen molar-refractivity contribution in [3.63, 3.8) is 0 Å². The maximum absolute atomic E-state index is 10.8. The largest absolute Gasteiger partial charge is 2.00 e. The van der Waals surface area contributed by atoms with Crippen LogP contribution in [0.2, 0.25) is 0 Å². The van der Waals surface area contributed by atoms with E-state index < -0.39 is 0 Å². The third-order valence-electron chi connectivity index (χ3n) is 3.63. The summed E-state index contributed by atoms with van der Waals surface area (Å²) in [4.78, 5) is 21.7. The number of rotatable bonds is 16. The predicted octanol–water partition coefficient (Wildman–Crippen LogP) is 4.87. The van der Waals surface area contributed by atoms with E-state index in [2.05, 4.69) is 39.1 Å². The zero-order valence-electron chi connectivity index (χ0n) is 17.5. The molecule has 0 unspecified atom stereocenters. The molecule has 0 aliphatic rings. The number of carbonyl (C=O) groups excluding carboxylic acids is 2. The van der Waals surface area contributed by atoms with E-state index in [1.165, 1.54) is 38.5 Å². The summed E-state index contributed by atoms with van der Waals surface area (Å²) in [6.45, 7) is 5.50. The molecule has 0 atom stereocenters. The van der Waals surface area contributed by atoms with Gasteiger partial charge in [0.1, 0.15) is 0 Å². The van der Waals surface area contributed by atoms with E-state index >= 15 is 0 Å². The van der Waals surface area contributed by atoms with Gasteiger partial charge in [0.15, 0.2) is 0 Å². The van der Waals surface area contributed by atoms with Gasteiger partial charge in [-0.15, -0.1) is 0 Å². The summed E-state index contributed by atoms with van der Waals surface area (Å²) in [5, 5.41) is 0. The van der Waals surface area contributed by atoms with Crippen LogP contribution in [0.4, 0.5) is 0 Å². The van der Waals surface area contributed by atoms with Gasteiger partial charge < -0.3 is 34.7 Å². The van der Waals surface area contributed by atoms with Crippen LogP contribution in [0.5, 0.6) is 0 Å². The maximum Gasteiger partial charge on any atom is 2.00 e. The zero-order valence-corrected chi connectivity index (χ0v) is 22.1. The molecule has 0 aromatic rings. The van der Waals surface area contributed by atoms with Gasteiger partial charge >= 0.3 is 31.4 Å². The second kappa shape index (κ2) is 28.5. The van der Waals surface area contributed by atoms with Crippen LogP contribution >= 0.6 is 0 Å². The Morgan fingerprint density at radius 2 is 0.963 bits per heavy atom. The van der Waals surface area contributed by atoms with Crippen LogP contribution < -0.4 is 0 Å². The quantitative estimate of drug-likeness (QED) is 0.138. The van der Waals surface area contributed by atoms with E-state index in [9.17, 15) is 9.59 Å². The Labute approximate surface area is 190 Å². The van der Waals surface area contributed by atoms with Gasteiger partial charge in [-0.25, -0.2) is 0 Å². The summed E-state index contributed by atoms with van der Waals surface area (Å²) in [7, 11) is 0. The van der Waals surface area contributed by atoms with E-state index in [4.69, 9.17) is 9.47 Å². The number of unbranched alkanes of at least 4 members (excludes halogenated alkanes) is 8. The van der Waals surface area contributed by atoms with Crippen LogP contribution in [0.25, 0.3) is 0 Å². The molecule has 0 rings (SSSR count). The molecule has 156 valence electrons. The molecule has 0 aliphatic heterocycles. The van der Waals surface area contributed by atoms with Crippen molar-refractivity contribution in [1.82, 2.24) is 0 Å². The van der Waals surface area contributed by atoms with E-state index in [0.29, 0.717) is 37.6 Å². The molecule has 0 aromatic heterocycles. The second-order valence-electron chi connectivity index (χ2n) is 6.18. The summed E-state index contributed by atoms with van der Waals surface area (Å²) in [5.41, 5.74) is 0. The first-order valence-electron chi connectivity index (χ1n) is 10.1. The van der Waals surface area contributed by atoms with Gasteiger partial charge in [0.05, 0.1) is 13.2 Å². The maximum atomic E-state index is 10.8. The molecular formula is C20H38O4S2Zn. The molecular weight excluding hydrogens is 434 g/mol. The summed E-state index contributed by atoms with van der Waals surface area (Å²) >= 11 is 9.33. The van der Waals surface area contributed by atoms with Gasteiger partial charge in [-0.1, -0.05) is 65.2 Å². The molecule has 0 fully saturated rings. The molecule has 0 bridgehead atoms. The van der Waals surface area contributed by atoms with Crippen molar-refractivity contribution in [2.24, 2.45) is 0 Å². The first kappa shape index (κ1) is 31.9. The van der Waals surface area contributed by atoms with Crippen molar-refractivity contribution in [2.75, 3.05) is 24.7 Å². The molecule has 4 nitrogen and oxygen atoms in total. The van der Waals surface area contributed by atoms with Gasteiger partial charge in [-0.3, -0.25) is 9.59 Å². The Bertz CT molecular complexity index is 288. The molecule has 0 saturated carbocycles. The monoisotopic (exact) mass is 470 g/mol. The zero-order chi connectivity index (χ0) is 19.9. The number of hydrogen-bond donors (Lipinski definition) is 0. The molecule has 7 heteroatoms. The first-order valence-corrected chi connectivity index (χ1v) is 11.2. The number of ether oxygens (including phenoxy) is 2. The number of hydrogen-bond acceptors (Lipinski definition) is 6. The molecule has 0 N–H and O–H groups in total. The number of carbonyl (C=O) groups is 2. The summed E-state index contributed by atoms with van der Waals surface area (Å²) in [6.07, 6.45) is 12.6. The third-order valence-corrected chi connectivity index (χ3v) is 4.04. The number of esters is 2. The topological polar surface area (TPSA) is 52.6 Å². The molecule has 0 saturated heterocycles. The van der Waals surface area contributed by atoms with Crippen molar-refractivity contribution in [1.29, 1.82) is 0 Å². The summed E-state index contributed by atoms with van der Waals surface area (Å²) < 4.78 is 9.91. The van der Waals surface area contributed by atoms with Gasteiger partial charge in [0.25, 0.3) is 0 Å². The smallest absolute Gasteiger partial charge is 0.792 e. The van der Waals surface area contributed by atoms with E-state index in [1.54, 1.807) is 0 Å². The minimum atomic E-state index is -0.148. The first-order chi connectivity index (χ1) is 12.6. The summed E-state index contributed by atoms with van der Waals surface area (Å²) in [5.74, 6) is 0.638. The van der Waals surface area contributed by atoms with Crippen molar-refractivity contribution >= 4 is 37.2 Å². The molecule has 0 heterocycles. The Morgan fingerprint density at radius 3 is 1.26 bits per heavy atom. The summed E-state index contributed by atoms with van der Waals surface area (Å²) in [6, 6.07) is 0. The predicted molar refractivity (Wildman–Crippen MR) is 113 cm³/mol. The fourth-order valence-electron chi connectivity index (χ4n) is 2.09. The van der Waals surface area contributed by atoms with Crippen LogP contribution in [-0.2, 0) is 63.8 Å². The third kappa shape index (κ3) is 31.2. The average Bonchev–Trinajstić information content (AvgIpc) is 2.62. The van der Waals surface area contributed by atoms with Crippen LogP contribution in [0, 0.1) is 0 Å². The minimum absolute atomic E-state index is 0. The van der Waals surface area contributed by atoms with Crippen LogP contribution in [0.1, 0.15) is 90.9 Å². The Morgan fingerprint density at radius 1 is 0.630 bits per heavy atom. The molecule has 0 radical (unpaired) electrons. The van der Waals surface area contributed by atoms with Gasteiger partial charge in [0.2, 0.25) is 0 Å². The fourth-order valence-corrected chi connectivity index (χ4v) is 2.43. The van der Waals surface area contributed by atoms with E-state index in [-0.39, 0.29) is 31.4 Å². The van der Waals surface area contributed by atoms with E-state index in [0.717, 1.165) is 25.7 Å². The van der Waals surface area contributed by atoms with Crippen molar-refractivity contribution in [3.05, 3.63) is 0 Å². The van der Waals surface area contributed by atoms with Gasteiger partial charge in [-0.05, 0) is 12.8 Å². The normalized spacial score (nSPS) is 9.63. The average molecular weight is 472 g/mol. The molecule has 0 aliphatic carbocycles. The second-order valence-corrected chi connectivity index (χ2v) is 6.99. The van der Waals surface area contributed by atoms with E-state index in [1.807, 2.05) is 0 Å². The van der Waals surface area contributed by atoms with Gasteiger partial charge in [0, 0.05) is 12.8 Å². The minimum Gasteiger partial charge on any atom is -0.792 e. The van der Waals surface area contributed by atoms with Gasteiger partial charge in [-0.2, -0.15) is 11.5 Å². The molecule has 0 amide bonds. The Kier molecular flexibility index (Phi) is 33.7. The Hall–Kier alpha value is 0.263. The van der Waals surface area contributed by atoms with Crippen molar-refractivity contribution in [2.45, 2.75) is 90.9 Å². The van der Waals surface area contributed by atoms with Crippen molar-refractivity contribution in [3.8, 4) is 0 Å². The SMILES string of the molecule is CCCCCCCOC(=O)CC[S-].CCCCCCCOC(=O)CC[S-].[Zn+2]. The van der Waals surface area contributed by atoms with Crippen molar-refractivity contribution < 1.29 is 38.5 Å². The van der Waals surface area contributed by atoms with Crippen LogP contribution in [0.15, 0.2) is 0 Å². The molecule has 27 heavy (non-hydrogen) atoms. The fraction of sp³-hybridized carbons (Fsp3) is 0.900.